The molecule has 1 aromatic carbocycles. The van der Waals surface area contributed by atoms with E-state index in [2.05, 4.69) is 93.5 Å². The van der Waals surface area contributed by atoms with Crippen molar-refractivity contribution in [2.24, 2.45) is 0 Å². The van der Waals surface area contributed by atoms with Crippen molar-refractivity contribution in [3.05, 3.63) is 35.4 Å². The summed E-state index contributed by atoms with van der Waals surface area (Å²) in [5.74, 6) is 0.450. The van der Waals surface area contributed by atoms with Crippen LogP contribution in [0.1, 0.15) is 93.2 Å². The van der Waals surface area contributed by atoms with Crippen LogP contribution in [-0.4, -0.2) is 26.4 Å². The highest BCUT2D eigenvalue weighted by molar-refractivity contribution is 7.60. The van der Waals surface area contributed by atoms with E-state index in [-0.39, 0.29) is 26.2 Å². The molecule has 1 aliphatic heterocycles. The van der Waals surface area contributed by atoms with Crippen molar-refractivity contribution >= 4 is 21.6 Å². The van der Waals surface area contributed by atoms with E-state index in [0.717, 1.165) is 19.0 Å². The molecule has 0 atom stereocenters. The molecule has 1 nitrogen and oxygen atoms in total. The Labute approximate surface area is 177 Å². The maximum absolute atomic E-state index is 12.3. The van der Waals surface area contributed by atoms with E-state index < -0.39 is 0 Å². The molecule has 0 amide bonds. The third kappa shape index (κ3) is 5.67. The molecule has 1 aromatic rings. The summed E-state index contributed by atoms with van der Waals surface area (Å²) in [7, 11) is -0.432. The molecule has 1 saturated heterocycles. The average molecular weight is 421 g/mol. The van der Waals surface area contributed by atoms with Crippen LogP contribution in [0.2, 0.25) is 0 Å². The van der Waals surface area contributed by atoms with E-state index in [4.69, 9.17) is 0 Å². The predicted octanol–water partition coefficient (Wildman–Crippen LogP) is 8.17. The van der Waals surface area contributed by atoms with E-state index in [0.29, 0.717) is 16.1 Å². The van der Waals surface area contributed by atoms with Gasteiger partial charge in [0.1, 0.15) is 5.78 Å². The molecule has 1 fully saturated rings. The summed E-state index contributed by atoms with van der Waals surface area (Å²) in [6, 6.07) is 9.15. The molecular formula is C25H42OP2. The third-order valence-corrected chi connectivity index (χ3v) is 13.9. The number of carbonyl (C=O) groups is 1. The first-order valence-corrected chi connectivity index (χ1v) is 13.7. The number of Topliss-reactive ketones (excluding diaryl/α,β-unsaturated/α-hetero) is 1. The highest BCUT2D eigenvalue weighted by Crippen LogP contribution is 2.67. The lowest BCUT2D eigenvalue weighted by Crippen LogP contribution is -2.40. The van der Waals surface area contributed by atoms with Gasteiger partial charge in [-0.15, -0.1) is 0 Å². The first kappa shape index (κ1) is 24.0. The minimum atomic E-state index is -0.272. The second-order valence-electron chi connectivity index (χ2n) is 11.8. The molecule has 0 saturated carbocycles. The normalized spacial score (nSPS) is 20.6. The molecule has 3 heteroatoms. The van der Waals surface area contributed by atoms with Crippen LogP contribution in [0, 0.1) is 0 Å². The number of ketones is 1. The lowest BCUT2D eigenvalue weighted by molar-refractivity contribution is -0.120. The van der Waals surface area contributed by atoms with Gasteiger partial charge in [0, 0.05) is 12.8 Å². The van der Waals surface area contributed by atoms with Gasteiger partial charge < -0.3 is 0 Å². The van der Waals surface area contributed by atoms with E-state index in [1.807, 2.05) is 0 Å². The van der Waals surface area contributed by atoms with Gasteiger partial charge in [-0.25, -0.2) is 0 Å². The molecule has 1 heterocycles. The molecule has 0 radical (unpaired) electrons. The van der Waals surface area contributed by atoms with E-state index >= 15 is 0 Å². The summed E-state index contributed by atoms with van der Waals surface area (Å²) in [6.07, 6.45) is 3.85. The largest absolute Gasteiger partial charge is 0.300 e. The Hall–Kier alpha value is -0.250. The molecule has 2 rings (SSSR count). The van der Waals surface area contributed by atoms with Crippen molar-refractivity contribution in [2.45, 2.75) is 115 Å². The van der Waals surface area contributed by atoms with Gasteiger partial charge in [-0.1, -0.05) is 109 Å². The zero-order valence-corrected chi connectivity index (χ0v) is 21.7. The zero-order chi connectivity index (χ0) is 21.5. The van der Waals surface area contributed by atoms with Crippen molar-refractivity contribution in [1.29, 1.82) is 0 Å². The van der Waals surface area contributed by atoms with Gasteiger partial charge in [0.05, 0.1) is 0 Å². The second-order valence-corrected chi connectivity index (χ2v) is 19.2. The first-order chi connectivity index (χ1) is 12.5. The van der Waals surface area contributed by atoms with Gasteiger partial charge in [0.15, 0.2) is 0 Å². The van der Waals surface area contributed by atoms with E-state index in [1.54, 1.807) is 5.56 Å². The number of benzene rings is 1. The van der Waals surface area contributed by atoms with Gasteiger partial charge in [-0.05, 0) is 44.1 Å². The Balaban J connectivity index is 2.38. The number of rotatable bonds is 4. The number of hydrogen-bond donors (Lipinski definition) is 0. The van der Waals surface area contributed by atoms with Crippen LogP contribution < -0.4 is 0 Å². The Kier molecular flexibility index (Phi) is 6.96. The molecule has 0 aliphatic carbocycles. The highest BCUT2D eigenvalue weighted by atomic mass is 31.1. The summed E-state index contributed by atoms with van der Waals surface area (Å²) in [4.78, 5) is 12.3. The molecule has 0 unspecified atom stereocenters. The van der Waals surface area contributed by atoms with Crippen LogP contribution in [-0.2, 0) is 17.1 Å². The highest BCUT2D eigenvalue weighted by Gasteiger charge is 2.46. The quantitative estimate of drug-likeness (QED) is 0.449. The third-order valence-electron chi connectivity index (χ3n) is 6.12. The number of hydrogen-bond acceptors (Lipinski definition) is 1. The first-order valence-electron chi connectivity index (χ1n) is 10.7. The molecule has 0 spiro atoms. The Bertz CT molecular complexity index is 670. The van der Waals surface area contributed by atoms with Gasteiger partial charge in [-0.2, -0.15) is 0 Å². The summed E-state index contributed by atoms with van der Waals surface area (Å²) < 4.78 is 0. The smallest absolute Gasteiger partial charge is 0.134 e. The van der Waals surface area contributed by atoms with Gasteiger partial charge in [0.2, 0.25) is 0 Å². The molecule has 158 valence electrons. The fourth-order valence-electron chi connectivity index (χ4n) is 5.15. The fourth-order valence-corrected chi connectivity index (χ4v) is 12.6. The number of carbonyl (C=O) groups excluding carboxylic acids is 1. The predicted molar refractivity (Wildman–Crippen MR) is 130 cm³/mol. The van der Waals surface area contributed by atoms with Crippen LogP contribution in [0.15, 0.2) is 24.3 Å². The van der Waals surface area contributed by atoms with E-state index in [1.165, 1.54) is 11.7 Å². The molecule has 1 aliphatic rings. The minimum Gasteiger partial charge on any atom is -0.300 e. The van der Waals surface area contributed by atoms with Crippen LogP contribution >= 0.6 is 15.8 Å². The van der Waals surface area contributed by atoms with Gasteiger partial charge >= 0.3 is 0 Å². The second kappa shape index (κ2) is 8.12. The maximum atomic E-state index is 12.3. The van der Waals surface area contributed by atoms with Crippen molar-refractivity contribution in [3.8, 4) is 0 Å². The molecule has 0 bridgehead atoms. The van der Waals surface area contributed by atoms with Gasteiger partial charge in [-0.3, -0.25) is 4.79 Å². The minimum absolute atomic E-state index is 0.125. The summed E-state index contributed by atoms with van der Waals surface area (Å²) in [6.45, 7) is 23.8. The van der Waals surface area contributed by atoms with E-state index in [9.17, 15) is 4.79 Å². The average Bonchev–Trinajstić information content (AvgIpc) is 2.46. The molecular weight excluding hydrogens is 378 g/mol. The topological polar surface area (TPSA) is 17.1 Å². The Morgan fingerprint density at radius 2 is 1.29 bits per heavy atom. The Morgan fingerprint density at radius 1 is 0.857 bits per heavy atom. The van der Waals surface area contributed by atoms with Crippen molar-refractivity contribution in [2.75, 3.05) is 0 Å². The summed E-state index contributed by atoms with van der Waals surface area (Å²) in [5.41, 5.74) is 3.08. The SMILES string of the molecule is CC(C)(C)P(Cc1ccccc1CP1C(C)(C)CC(=O)CC1(C)C)C(C)(C)C. The molecule has 0 N–H and O–H groups in total. The zero-order valence-electron chi connectivity index (χ0n) is 19.9. The fraction of sp³-hybridized carbons (Fsp3) is 0.720. The molecule has 0 aromatic heterocycles. The summed E-state index contributed by atoms with van der Waals surface area (Å²) in [5, 5.41) is 0.920. The maximum Gasteiger partial charge on any atom is 0.134 e. The van der Waals surface area contributed by atoms with Crippen LogP contribution in [0.4, 0.5) is 0 Å². The standard InChI is InChI=1S/C25H42OP2/c1-22(2,3)27(23(4,5)6)17-19-13-11-12-14-20(19)18-28-24(7,8)15-21(26)16-25(28,9)10/h11-14H,15-18H2,1-10H3. The lowest BCUT2D eigenvalue weighted by Gasteiger charge is -2.49. The monoisotopic (exact) mass is 420 g/mol. The van der Waals surface area contributed by atoms with Crippen LogP contribution in [0.5, 0.6) is 0 Å². The van der Waals surface area contributed by atoms with Crippen molar-refractivity contribution < 1.29 is 4.79 Å². The lowest BCUT2D eigenvalue weighted by atomic mass is 9.96. The molecule has 28 heavy (non-hydrogen) atoms. The van der Waals surface area contributed by atoms with Crippen LogP contribution in [0.25, 0.3) is 0 Å². The van der Waals surface area contributed by atoms with Gasteiger partial charge in [0.25, 0.3) is 0 Å². The van der Waals surface area contributed by atoms with Crippen molar-refractivity contribution in [1.82, 2.24) is 0 Å². The van der Waals surface area contributed by atoms with Crippen molar-refractivity contribution in [3.63, 3.8) is 0 Å². The summed E-state index contributed by atoms with van der Waals surface area (Å²) >= 11 is 0. The Morgan fingerprint density at radius 3 is 1.71 bits per heavy atom. The van der Waals surface area contributed by atoms with Crippen LogP contribution in [0.3, 0.4) is 0 Å².